The molecule has 8 nitrogen and oxygen atoms in total. The van der Waals surface area contributed by atoms with Crippen LogP contribution >= 0.6 is 0 Å². The first-order valence-corrected chi connectivity index (χ1v) is 10.8. The Labute approximate surface area is 194 Å². The highest BCUT2D eigenvalue weighted by Crippen LogP contribution is 2.27. The molecule has 1 N–H and O–H groups in total. The average Bonchev–Trinajstić information content (AvgIpc) is 3.25. The molecule has 3 aromatic rings. The normalized spacial score (nSPS) is 10.6. The molecule has 0 saturated carbocycles. The van der Waals surface area contributed by atoms with E-state index in [1.165, 1.54) is 4.90 Å². The smallest absolute Gasteiger partial charge is 0.257 e. The number of benzene rings is 2. The van der Waals surface area contributed by atoms with E-state index in [0.29, 0.717) is 43.1 Å². The Morgan fingerprint density at radius 1 is 1.09 bits per heavy atom. The molecule has 0 aliphatic heterocycles. The van der Waals surface area contributed by atoms with Crippen LogP contribution in [0.4, 0.5) is 0 Å². The number of carbonyl (C=O) groups excluding carboxylic acids is 2. The lowest BCUT2D eigenvalue weighted by Crippen LogP contribution is -2.38. The van der Waals surface area contributed by atoms with Gasteiger partial charge in [-0.3, -0.25) is 14.3 Å². The van der Waals surface area contributed by atoms with Crippen LogP contribution in [0.1, 0.15) is 22.3 Å². The number of likely N-dealkylation sites (N-methyl/N-ethyl adjacent to an activating group) is 1. The van der Waals surface area contributed by atoms with E-state index in [0.717, 1.165) is 11.1 Å². The number of carbonyl (C=O) groups is 2. The molecular weight excluding hydrogens is 420 g/mol. The molecule has 0 aliphatic rings. The number of methoxy groups -OCH3 is 2. The maximum Gasteiger partial charge on any atom is 0.257 e. The Kier molecular flexibility index (Phi) is 8.60. The Hall–Kier alpha value is -3.65. The van der Waals surface area contributed by atoms with Crippen molar-refractivity contribution in [2.24, 2.45) is 0 Å². The lowest BCUT2D eigenvalue weighted by atomic mass is 10.1. The van der Waals surface area contributed by atoms with Gasteiger partial charge in [-0.25, -0.2) is 0 Å². The van der Waals surface area contributed by atoms with Gasteiger partial charge in [-0.15, -0.1) is 0 Å². The van der Waals surface area contributed by atoms with Gasteiger partial charge in [0.25, 0.3) is 5.91 Å². The molecule has 0 saturated heterocycles. The third-order valence-electron chi connectivity index (χ3n) is 5.10. The number of hydrogen-bond acceptors (Lipinski definition) is 5. The van der Waals surface area contributed by atoms with Gasteiger partial charge in [0.1, 0.15) is 11.4 Å². The Bertz CT molecular complexity index is 1070. The fraction of sp³-hybridized carbons (Fsp3) is 0.320. The molecule has 1 heterocycles. The molecule has 3 rings (SSSR count). The van der Waals surface area contributed by atoms with Crippen LogP contribution in [0.25, 0.3) is 11.3 Å². The van der Waals surface area contributed by atoms with Crippen molar-refractivity contribution < 1.29 is 19.1 Å². The van der Waals surface area contributed by atoms with Crippen molar-refractivity contribution in [2.75, 3.05) is 41.0 Å². The van der Waals surface area contributed by atoms with E-state index in [-0.39, 0.29) is 18.4 Å². The van der Waals surface area contributed by atoms with Gasteiger partial charge in [0.05, 0.1) is 25.8 Å². The van der Waals surface area contributed by atoms with Gasteiger partial charge in [-0.2, -0.15) is 5.10 Å². The van der Waals surface area contributed by atoms with Gasteiger partial charge in [-0.1, -0.05) is 42.5 Å². The first kappa shape index (κ1) is 24.0. The van der Waals surface area contributed by atoms with E-state index in [1.54, 1.807) is 32.1 Å². The van der Waals surface area contributed by atoms with E-state index < -0.39 is 0 Å². The van der Waals surface area contributed by atoms with Crippen LogP contribution in [0.3, 0.4) is 0 Å². The largest absolute Gasteiger partial charge is 0.497 e. The Morgan fingerprint density at radius 2 is 1.88 bits per heavy atom. The molecule has 0 radical (unpaired) electrons. The maximum atomic E-state index is 13.3. The van der Waals surface area contributed by atoms with E-state index in [9.17, 15) is 9.59 Å². The second-order valence-corrected chi connectivity index (χ2v) is 7.66. The SMILES string of the molecule is COCCCNC(=O)CN(C)C(=O)c1cn(Cc2ccccc2)nc1-c1cccc(OC)c1. The lowest BCUT2D eigenvalue weighted by Gasteiger charge is -2.17. The van der Waals surface area contributed by atoms with Crippen molar-refractivity contribution in [2.45, 2.75) is 13.0 Å². The molecule has 8 heteroatoms. The quantitative estimate of drug-likeness (QED) is 0.454. The zero-order valence-electron chi connectivity index (χ0n) is 19.3. The topological polar surface area (TPSA) is 85.7 Å². The van der Waals surface area contributed by atoms with E-state index in [1.807, 2.05) is 54.6 Å². The van der Waals surface area contributed by atoms with Gasteiger partial charge in [0.2, 0.25) is 5.91 Å². The van der Waals surface area contributed by atoms with Crippen molar-refractivity contribution in [3.8, 4) is 17.0 Å². The molecule has 174 valence electrons. The number of nitrogens with one attached hydrogen (secondary N) is 1. The molecule has 33 heavy (non-hydrogen) atoms. The third kappa shape index (κ3) is 6.66. The van der Waals surface area contributed by atoms with Crippen LogP contribution < -0.4 is 10.1 Å². The fourth-order valence-electron chi connectivity index (χ4n) is 3.41. The first-order chi connectivity index (χ1) is 16.0. The summed E-state index contributed by atoms with van der Waals surface area (Å²) in [6, 6.07) is 17.3. The highest BCUT2D eigenvalue weighted by Gasteiger charge is 2.23. The molecule has 0 spiro atoms. The molecule has 0 atom stereocenters. The van der Waals surface area contributed by atoms with Crippen molar-refractivity contribution >= 4 is 11.8 Å². The van der Waals surface area contributed by atoms with Crippen LogP contribution in [-0.2, 0) is 16.1 Å². The van der Waals surface area contributed by atoms with Crippen LogP contribution in [-0.4, -0.2) is 67.5 Å². The predicted molar refractivity (Wildman–Crippen MR) is 126 cm³/mol. The first-order valence-electron chi connectivity index (χ1n) is 10.8. The summed E-state index contributed by atoms with van der Waals surface area (Å²) in [5, 5.41) is 7.51. The highest BCUT2D eigenvalue weighted by molar-refractivity contribution is 6.01. The number of nitrogens with zero attached hydrogens (tertiary/aromatic N) is 3. The van der Waals surface area contributed by atoms with Gasteiger partial charge in [0.15, 0.2) is 0 Å². The molecule has 0 unspecified atom stereocenters. The van der Waals surface area contributed by atoms with Gasteiger partial charge in [-0.05, 0) is 24.1 Å². The van der Waals surface area contributed by atoms with Gasteiger partial charge >= 0.3 is 0 Å². The molecule has 1 aromatic heterocycles. The van der Waals surface area contributed by atoms with Crippen LogP contribution in [0.2, 0.25) is 0 Å². The zero-order valence-corrected chi connectivity index (χ0v) is 19.3. The number of aromatic nitrogens is 2. The summed E-state index contributed by atoms with van der Waals surface area (Å²) in [7, 11) is 4.82. The molecule has 0 aliphatic carbocycles. The minimum Gasteiger partial charge on any atom is -0.497 e. The van der Waals surface area contributed by atoms with E-state index in [4.69, 9.17) is 14.6 Å². The fourth-order valence-corrected chi connectivity index (χ4v) is 3.41. The standard InChI is InChI=1S/C25H30N4O4/c1-28(18-23(30)26-13-8-14-32-2)25(31)22-17-29(16-19-9-5-4-6-10-19)27-24(22)20-11-7-12-21(15-20)33-3/h4-7,9-12,15,17H,8,13-14,16,18H2,1-3H3,(H,26,30). The molecule has 2 aromatic carbocycles. The Balaban J connectivity index is 1.83. The number of hydrogen-bond donors (Lipinski definition) is 1. The second kappa shape index (κ2) is 11.8. The van der Waals surface area contributed by atoms with Gasteiger partial charge in [0, 0.05) is 39.1 Å². The summed E-state index contributed by atoms with van der Waals surface area (Å²) in [6.45, 7) is 1.54. The van der Waals surface area contributed by atoms with Gasteiger partial charge < -0.3 is 19.7 Å². The van der Waals surface area contributed by atoms with Crippen LogP contribution in [0, 0.1) is 0 Å². The predicted octanol–water partition coefficient (Wildman–Crippen LogP) is 2.83. The van der Waals surface area contributed by atoms with Crippen molar-refractivity contribution in [1.82, 2.24) is 20.0 Å². The lowest BCUT2D eigenvalue weighted by molar-refractivity contribution is -0.121. The summed E-state index contributed by atoms with van der Waals surface area (Å²) in [5.41, 5.74) is 2.80. The second-order valence-electron chi connectivity index (χ2n) is 7.66. The zero-order chi connectivity index (χ0) is 23.6. The summed E-state index contributed by atoms with van der Waals surface area (Å²) in [4.78, 5) is 27.0. The number of amides is 2. The van der Waals surface area contributed by atoms with Crippen molar-refractivity contribution in [1.29, 1.82) is 0 Å². The van der Waals surface area contributed by atoms with E-state index >= 15 is 0 Å². The monoisotopic (exact) mass is 450 g/mol. The molecular formula is C25H30N4O4. The highest BCUT2D eigenvalue weighted by atomic mass is 16.5. The summed E-state index contributed by atoms with van der Waals surface area (Å²) < 4.78 is 12.1. The third-order valence-corrected chi connectivity index (χ3v) is 5.10. The molecule has 0 fully saturated rings. The number of ether oxygens (including phenoxy) is 2. The minimum atomic E-state index is -0.279. The molecule has 2 amide bonds. The van der Waals surface area contributed by atoms with Crippen LogP contribution in [0.5, 0.6) is 5.75 Å². The number of rotatable bonds is 11. The molecule has 0 bridgehead atoms. The summed E-state index contributed by atoms with van der Waals surface area (Å²) in [6.07, 6.45) is 2.45. The van der Waals surface area contributed by atoms with Crippen LogP contribution in [0.15, 0.2) is 60.8 Å². The maximum absolute atomic E-state index is 13.3. The average molecular weight is 451 g/mol. The van der Waals surface area contributed by atoms with Crippen molar-refractivity contribution in [3.05, 3.63) is 71.9 Å². The van der Waals surface area contributed by atoms with Crippen molar-refractivity contribution in [3.63, 3.8) is 0 Å². The van der Waals surface area contributed by atoms with E-state index in [2.05, 4.69) is 5.32 Å². The summed E-state index contributed by atoms with van der Waals surface area (Å²) in [5.74, 6) is 0.174. The minimum absolute atomic E-state index is 0.0484. The Morgan fingerprint density at radius 3 is 2.61 bits per heavy atom. The summed E-state index contributed by atoms with van der Waals surface area (Å²) >= 11 is 0.